The predicted molar refractivity (Wildman–Crippen MR) is 83.5 cm³/mol. The van der Waals surface area contributed by atoms with Gasteiger partial charge in [-0.25, -0.2) is 0 Å². The molecule has 9 nitrogen and oxygen atoms in total. The van der Waals surface area contributed by atoms with Crippen LogP contribution in [0, 0.1) is 0 Å². The average Bonchev–Trinajstić information content (AvgIpc) is 3.11. The number of nitrogens with two attached hydrogens (primary N) is 1. The number of thiazole rings is 1. The van der Waals surface area contributed by atoms with Crippen LogP contribution in [0.5, 0.6) is 5.88 Å². The number of anilines is 1. The number of fused-ring (bicyclic) bond motifs is 1. The molecule has 1 fully saturated rings. The van der Waals surface area contributed by atoms with Gasteiger partial charge in [0.1, 0.15) is 10.9 Å². The molecule has 3 heterocycles. The molecule has 4 N–H and O–H groups in total. The van der Waals surface area contributed by atoms with Crippen molar-refractivity contribution >= 4 is 27.6 Å². The van der Waals surface area contributed by atoms with Gasteiger partial charge in [0.05, 0.1) is 19.3 Å². The SMILES string of the molecule is Nc1nc(OCCCO)c2sc(=O)n([C@H]3CC[C@@H](CO)O3)c2n1. The lowest BCUT2D eigenvalue weighted by Crippen LogP contribution is -2.21. The highest BCUT2D eigenvalue weighted by Crippen LogP contribution is 2.33. The van der Waals surface area contributed by atoms with Gasteiger partial charge in [0.25, 0.3) is 0 Å². The second-order valence-electron chi connectivity index (χ2n) is 5.18. The lowest BCUT2D eigenvalue weighted by molar-refractivity contribution is -0.0214. The maximum absolute atomic E-state index is 12.3. The molecule has 0 aromatic carbocycles. The predicted octanol–water partition coefficient (Wildman–Crippen LogP) is -0.134. The van der Waals surface area contributed by atoms with Gasteiger partial charge in [-0.3, -0.25) is 9.36 Å². The van der Waals surface area contributed by atoms with Gasteiger partial charge < -0.3 is 25.4 Å². The van der Waals surface area contributed by atoms with Gasteiger partial charge in [-0.15, -0.1) is 0 Å². The second kappa shape index (κ2) is 6.79. The Hall–Kier alpha value is -1.75. The minimum atomic E-state index is -0.479. The number of hydrogen-bond donors (Lipinski definition) is 3. The molecule has 126 valence electrons. The molecule has 2 aromatic heterocycles. The molecule has 1 aliphatic rings. The highest BCUT2D eigenvalue weighted by atomic mass is 32.1. The average molecular weight is 342 g/mol. The van der Waals surface area contributed by atoms with Gasteiger partial charge in [0.2, 0.25) is 11.8 Å². The van der Waals surface area contributed by atoms with Crippen molar-refractivity contribution in [1.29, 1.82) is 0 Å². The molecule has 0 saturated carbocycles. The summed E-state index contributed by atoms with van der Waals surface area (Å²) in [6.07, 6.45) is 0.979. The van der Waals surface area contributed by atoms with Crippen LogP contribution in [0.2, 0.25) is 0 Å². The number of hydrogen-bond acceptors (Lipinski definition) is 9. The van der Waals surface area contributed by atoms with Gasteiger partial charge in [0, 0.05) is 13.0 Å². The number of rotatable bonds is 6. The van der Waals surface area contributed by atoms with Crippen LogP contribution in [0.25, 0.3) is 10.3 Å². The van der Waals surface area contributed by atoms with Gasteiger partial charge >= 0.3 is 4.87 Å². The van der Waals surface area contributed by atoms with Crippen LogP contribution in [-0.2, 0) is 4.74 Å². The standard InChI is InChI=1S/C13H18N4O5S/c14-12-15-10-9(11(16-12)21-5-1-4-18)23-13(20)17(10)8-3-2-7(6-19)22-8/h7-8,18-19H,1-6H2,(H2,14,15,16)/t7-,8+/m0/s1. The van der Waals surface area contributed by atoms with Crippen molar-refractivity contribution in [2.24, 2.45) is 0 Å². The van der Waals surface area contributed by atoms with Crippen LogP contribution in [0.1, 0.15) is 25.5 Å². The van der Waals surface area contributed by atoms with Crippen molar-refractivity contribution in [1.82, 2.24) is 14.5 Å². The third kappa shape index (κ3) is 3.15. The van der Waals surface area contributed by atoms with E-state index in [0.717, 1.165) is 11.3 Å². The van der Waals surface area contributed by atoms with Crippen LogP contribution < -0.4 is 15.3 Å². The van der Waals surface area contributed by atoms with Crippen molar-refractivity contribution in [3.8, 4) is 5.88 Å². The van der Waals surface area contributed by atoms with Crippen molar-refractivity contribution in [3.05, 3.63) is 9.67 Å². The number of ether oxygens (including phenoxy) is 2. The first-order chi connectivity index (χ1) is 11.1. The first kappa shape index (κ1) is 16.1. The molecule has 0 aliphatic carbocycles. The minimum absolute atomic E-state index is 0.000228. The Morgan fingerprint density at radius 1 is 1.39 bits per heavy atom. The molecule has 1 aliphatic heterocycles. The Labute approximate surface area is 135 Å². The fourth-order valence-corrected chi connectivity index (χ4v) is 3.41. The number of aromatic nitrogens is 3. The van der Waals surface area contributed by atoms with E-state index in [1.165, 1.54) is 4.57 Å². The van der Waals surface area contributed by atoms with Gasteiger partial charge in [-0.05, 0) is 12.8 Å². The molecule has 0 spiro atoms. The van der Waals surface area contributed by atoms with Crippen LogP contribution in [-0.4, -0.2) is 50.7 Å². The largest absolute Gasteiger partial charge is 0.476 e. The maximum Gasteiger partial charge on any atom is 0.311 e. The zero-order chi connectivity index (χ0) is 16.4. The van der Waals surface area contributed by atoms with Gasteiger partial charge in [0.15, 0.2) is 5.65 Å². The van der Waals surface area contributed by atoms with E-state index in [9.17, 15) is 9.90 Å². The number of aliphatic hydroxyl groups is 2. The summed E-state index contributed by atoms with van der Waals surface area (Å²) in [4.78, 5) is 20.3. The molecule has 3 rings (SSSR count). The fraction of sp³-hybridized carbons (Fsp3) is 0.615. The summed E-state index contributed by atoms with van der Waals surface area (Å²) in [6.45, 7) is 0.181. The zero-order valence-corrected chi connectivity index (χ0v) is 13.2. The first-order valence-corrected chi connectivity index (χ1v) is 8.14. The molecule has 0 unspecified atom stereocenters. The summed E-state index contributed by atoms with van der Waals surface area (Å²) in [5, 5.41) is 18.0. The summed E-state index contributed by atoms with van der Waals surface area (Å²) in [6, 6.07) is 0. The second-order valence-corrected chi connectivity index (χ2v) is 6.14. The molecule has 23 heavy (non-hydrogen) atoms. The minimum Gasteiger partial charge on any atom is -0.476 e. The number of nitrogen functional groups attached to an aromatic ring is 1. The molecular formula is C13H18N4O5S. The highest BCUT2D eigenvalue weighted by molar-refractivity contribution is 7.16. The first-order valence-electron chi connectivity index (χ1n) is 7.32. The Balaban J connectivity index is 1.99. The Morgan fingerprint density at radius 3 is 2.91 bits per heavy atom. The smallest absolute Gasteiger partial charge is 0.311 e. The fourth-order valence-electron chi connectivity index (χ4n) is 2.51. The van der Waals surface area contributed by atoms with E-state index < -0.39 is 6.23 Å². The zero-order valence-electron chi connectivity index (χ0n) is 12.3. The summed E-state index contributed by atoms with van der Waals surface area (Å²) in [5.74, 6) is 0.234. The van der Waals surface area contributed by atoms with Crippen LogP contribution in [0.4, 0.5) is 5.95 Å². The van der Waals surface area contributed by atoms with Crippen LogP contribution in [0.15, 0.2) is 4.79 Å². The number of nitrogens with zero attached hydrogens (tertiary/aromatic N) is 3. The highest BCUT2D eigenvalue weighted by Gasteiger charge is 2.30. The quantitative estimate of drug-likeness (QED) is 0.618. The van der Waals surface area contributed by atoms with E-state index in [-0.39, 0.29) is 42.6 Å². The third-order valence-electron chi connectivity index (χ3n) is 3.57. The van der Waals surface area contributed by atoms with E-state index >= 15 is 0 Å². The molecule has 2 aromatic rings. The van der Waals surface area contributed by atoms with Crippen LogP contribution >= 0.6 is 11.3 Å². The van der Waals surface area contributed by atoms with Crippen molar-refractivity contribution < 1.29 is 19.7 Å². The molecular weight excluding hydrogens is 324 g/mol. The van der Waals surface area contributed by atoms with Crippen LogP contribution in [0.3, 0.4) is 0 Å². The van der Waals surface area contributed by atoms with E-state index in [1.54, 1.807) is 0 Å². The molecule has 0 bridgehead atoms. The molecule has 0 amide bonds. The van der Waals surface area contributed by atoms with Crippen molar-refractivity contribution in [2.45, 2.75) is 31.6 Å². The third-order valence-corrected chi connectivity index (χ3v) is 4.50. The number of aliphatic hydroxyl groups excluding tert-OH is 2. The normalized spacial score (nSPS) is 21.1. The van der Waals surface area contributed by atoms with Gasteiger partial charge in [-0.1, -0.05) is 11.3 Å². The monoisotopic (exact) mass is 342 g/mol. The molecule has 1 saturated heterocycles. The molecule has 2 atom stereocenters. The topological polar surface area (TPSA) is 133 Å². The Kier molecular flexibility index (Phi) is 4.76. The van der Waals surface area contributed by atoms with Crippen molar-refractivity contribution in [3.63, 3.8) is 0 Å². The molecule has 10 heteroatoms. The van der Waals surface area contributed by atoms with Gasteiger partial charge in [-0.2, -0.15) is 9.97 Å². The van der Waals surface area contributed by atoms with E-state index in [4.69, 9.17) is 20.3 Å². The summed E-state index contributed by atoms with van der Waals surface area (Å²) >= 11 is 0.965. The lowest BCUT2D eigenvalue weighted by Gasteiger charge is -2.13. The Morgan fingerprint density at radius 2 is 2.22 bits per heavy atom. The van der Waals surface area contributed by atoms with Crippen molar-refractivity contribution in [2.75, 3.05) is 25.6 Å². The maximum atomic E-state index is 12.3. The van der Waals surface area contributed by atoms with E-state index in [0.29, 0.717) is 29.6 Å². The summed E-state index contributed by atoms with van der Waals surface area (Å²) in [5.41, 5.74) is 6.09. The molecule has 0 radical (unpaired) electrons. The summed E-state index contributed by atoms with van der Waals surface area (Å²) in [7, 11) is 0. The van der Waals surface area contributed by atoms with E-state index in [1.807, 2.05) is 0 Å². The van der Waals surface area contributed by atoms with E-state index in [2.05, 4.69) is 9.97 Å². The lowest BCUT2D eigenvalue weighted by atomic mass is 10.2. The Bertz CT molecular complexity index is 746. The summed E-state index contributed by atoms with van der Waals surface area (Å²) < 4.78 is 13.1.